The van der Waals surface area contributed by atoms with Crippen LogP contribution in [-0.2, 0) is 6.54 Å². The molecular weight excluding hydrogens is 277 g/mol. The van der Waals surface area contributed by atoms with Crippen LogP contribution in [0.4, 0.5) is 13.2 Å². The van der Waals surface area contributed by atoms with E-state index in [9.17, 15) is 13.2 Å². The zero-order valence-electron chi connectivity index (χ0n) is 12.6. The monoisotopic (exact) mass is 300 g/mol. The summed E-state index contributed by atoms with van der Waals surface area (Å²) in [5.74, 6) is -2.37. The van der Waals surface area contributed by atoms with Gasteiger partial charge in [0.05, 0.1) is 0 Å². The highest BCUT2D eigenvalue weighted by molar-refractivity contribution is 5.20. The molecule has 0 radical (unpaired) electrons. The molecule has 0 saturated carbocycles. The van der Waals surface area contributed by atoms with Crippen LogP contribution in [0.3, 0.4) is 0 Å². The lowest BCUT2D eigenvalue weighted by atomic mass is 10.1. The smallest absolute Gasteiger partial charge is 0.161 e. The van der Waals surface area contributed by atoms with Crippen molar-refractivity contribution in [2.45, 2.75) is 39.3 Å². The third kappa shape index (κ3) is 4.71. The van der Waals surface area contributed by atoms with Crippen LogP contribution in [0.25, 0.3) is 0 Å². The Hall–Kier alpha value is -1.07. The molecule has 1 unspecified atom stereocenters. The highest BCUT2D eigenvalue weighted by Gasteiger charge is 2.20. The summed E-state index contributed by atoms with van der Waals surface area (Å²) in [6.07, 6.45) is 2.26. The lowest BCUT2D eigenvalue weighted by Crippen LogP contribution is -2.39. The van der Waals surface area contributed by atoms with E-state index >= 15 is 0 Å². The average molecular weight is 300 g/mol. The topological polar surface area (TPSA) is 15.3 Å². The molecule has 1 aliphatic rings. The van der Waals surface area contributed by atoms with Gasteiger partial charge in [-0.3, -0.25) is 4.90 Å². The zero-order valence-corrected chi connectivity index (χ0v) is 12.6. The zero-order chi connectivity index (χ0) is 15.4. The molecule has 2 rings (SSSR count). The van der Waals surface area contributed by atoms with Gasteiger partial charge in [0.2, 0.25) is 0 Å². The summed E-state index contributed by atoms with van der Waals surface area (Å²) in [4.78, 5) is 2.11. The van der Waals surface area contributed by atoms with E-state index in [0.717, 1.165) is 38.5 Å². The molecule has 5 heteroatoms. The number of hydrogen-bond acceptors (Lipinski definition) is 2. The molecule has 0 bridgehead atoms. The minimum atomic E-state index is -1.14. The average Bonchev–Trinajstić information content (AvgIpc) is 2.88. The van der Waals surface area contributed by atoms with Crippen molar-refractivity contribution >= 4 is 0 Å². The predicted molar refractivity (Wildman–Crippen MR) is 77.5 cm³/mol. The summed E-state index contributed by atoms with van der Waals surface area (Å²) in [6.45, 7) is 7.11. The second-order valence-electron chi connectivity index (χ2n) is 6.24. The molecule has 0 aliphatic carbocycles. The Labute approximate surface area is 124 Å². The Morgan fingerprint density at radius 3 is 2.52 bits per heavy atom. The van der Waals surface area contributed by atoms with Crippen LogP contribution in [0.1, 0.15) is 32.3 Å². The molecule has 1 fully saturated rings. The van der Waals surface area contributed by atoms with Gasteiger partial charge < -0.3 is 5.32 Å². The number of hydrogen-bond donors (Lipinski definition) is 1. The lowest BCUT2D eigenvalue weighted by Gasteiger charge is -2.27. The van der Waals surface area contributed by atoms with Crippen LogP contribution in [0.5, 0.6) is 0 Å². The third-order valence-corrected chi connectivity index (χ3v) is 3.75. The van der Waals surface area contributed by atoms with Gasteiger partial charge in [-0.15, -0.1) is 0 Å². The van der Waals surface area contributed by atoms with Gasteiger partial charge >= 0.3 is 0 Å². The van der Waals surface area contributed by atoms with Crippen LogP contribution in [0, 0.1) is 23.4 Å². The van der Waals surface area contributed by atoms with E-state index in [4.69, 9.17) is 0 Å². The number of nitrogens with zero attached hydrogens (tertiary/aromatic N) is 1. The van der Waals surface area contributed by atoms with Crippen molar-refractivity contribution in [1.82, 2.24) is 10.2 Å². The second kappa shape index (κ2) is 7.27. The second-order valence-corrected chi connectivity index (χ2v) is 6.24. The van der Waals surface area contributed by atoms with Gasteiger partial charge in [-0.05, 0) is 31.4 Å². The summed E-state index contributed by atoms with van der Waals surface area (Å²) >= 11 is 0. The molecular formula is C16H23F3N2. The largest absolute Gasteiger partial charge is 0.313 e. The van der Waals surface area contributed by atoms with E-state index in [1.807, 2.05) is 0 Å². The summed E-state index contributed by atoms with van der Waals surface area (Å²) < 4.78 is 40.1. The molecule has 21 heavy (non-hydrogen) atoms. The van der Waals surface area contributed by atoms with Crippen LogP contribution in [-0.4, -0.2) is 30.6 Å². The fraction of sp³-hybridized carbons (Fsp3) is 0.625. The van der Waals surface area contributed by atoms with Gasteiger partial charge in [0.25, 0.3) is 0 Å². The SMILES string of the molecule is CC(C)CN(Cc1cc(F)c(F)cc1F)CC1CCCN1. The third-order valence-electron chi connectivity index (χ3n) is 3.75. The van der Waals surface area contributed by atoms with E-state index < -0.39 is 17.5 Å². The van der Waals surface area contributed by atoms with Crippen LogP contribution in [0.2, 0.25) is 0 Å². The highest BCUT2D eigenvalue weighted by Crippen LogP contribution is 2.17. The Morgan fingerprint density at radius 1 is 1.19 bits per heavy atom. The maximum atomic E-state index is 13.8. The van der Waals surface area contributed by atoms with Gasteiger partial charge in [-0.1, -0.05) is 13.8 Å². The molecule has 1 aliphatic heterocycles. The van der Waals surface area contributed by atoms with Gasteiger partial charge in [-0.25, -0.2) is 13.2 Å². The van der Waals surface area contributed by atoms with E-state index in [-0.39, 0.29) is 5.56 Å². The maximum Gasteiger partial charge on any atom is 0.161 e. The van der Waals surface area contributed by atoms with Crippen molar-refractivity contribution in [3.8, 4) is 0 Å². The summed E-state index contributed by atoms with van der Waals surface area (Å²) in [5, 5.41) is 3.41. The predicted octanol–water partition coefficient (Wildman–Crippen LogP) is 3.31. The normalized spacial score (nSPS) is 18.9. The van der Waals surface area contributed by atoms with Crippen LogP contribution >= 0.6 is 0 Å². The van der Waals surface area contributed by atoms with Crippen molar-refractivity contribution in [2.75, 3.05) is 19.6 Å². The number of rotatable bonds is 6. The first kappa shape index (κ1) is 16.3. The molecule has 0 aromatic heterocycles. The number of nitrogens with one attached hydrogen (secondary N) is 1. The quantitative estimate of drug-likeness (QED) is 0.811. The van der Waals surface area contributed by atoms with Crippen molar-refractivity contribution in [1.29, 1.82) is 0 Å². The molecule has 0 amide bonds. The fourth-order valence-corrected chi connectivity index (χ4v) is 2.87. The first-order valence-corrected chi connectivity index (χ1v) is 7.55. The van der Waals surface area contributed by atoms with Gasteiger partial charge in [-0.2, -0.15) is 0 Å². The first-order valence-electron chi connectivity index (χ1n) is 7.55. The number of benzene rings is 1. The molecule has 1 aromatic carbocycles. The van der Waals surface area contributed by atoms with Crippen molar-refractivity contribution < 1.29 is 13.2 Å². The summed E-state index contributed by atoms with van der Waals surface area (Å²) in [7, 11) is 0. The Morgan fingerprint density at radius 2 is 1.90 bits per heavy atom. The minimum absolute atomic E-state index is 0.215. The molecule has 1 heterocycles. The minimum Gasteiger partial charge on any atom is -0.313 e. The molecule has 0 spiro atoms. The van der Waals surface area contributed by atoms with Crippen LogP contribution < -0.4 is 5.32 Å². The molecule has 1 saturated heterocycles. The molecule has 118 valence electrons. The molecule has 1 aromatic rings. The van der Waals surface area contributed by atoms with E-state index in [2.05, 4.69) is 24.1 Å². The number of halogens is 3. The molecule has 1 atom stereocenters. The van der Waals surface area contributed by atoms with Crippen molar-refractivity contribution in [2.24, 2.45) is 5.92 Å². The van der Waals surface area contributed by atoms with E-state index in [0.29, 0.717) is 24.6 Å². The standard InChI is InChI=1S/C16H23F3N2/c1-11(2)8-21(10-13-4-3-5-20-13)9-12-6-15(18)16(19)7-14(12)17/h6-7,11,13,20H,3-5,8-10H2,1-2H3. The van der Waals surface area contributed by atoms with E-state index in [1.165, 1.54) is 0 Å². The van der Waals surface area contributed by atoms with Crippen LogP contribution in [0.15, 0.2) is 12.1 Å². The summed E-state index contributed by atoms with van der Waals surface area (Å²) in [6, 6.07) is 2.00. The van der Waals surface area contributed by atoms with Gasteiger partial charge in [0, 0.05) is 37.3 Å². The lowest BCUT2D eigenvalue weighted by molar-refractivity contribution is 0.213. The Bertz CT molecular complexity index is 471. The fourth-order valence-electron chi connectivity index (χ4n) is 2.87. The van der Waals surface area contributed by atoms with Gasteiger partial charge in [0.15, 0.2) is 11.6 Å². The van der Waals surface area contributed by atoms with E-state index in [1.54, 1.807) is 0 Å². The maximum absolute atomic E-state index is 13.8. The summed E-state index contributed by atoms with van der Waals surface area (Å²) in [5.41, 5.74) is 0.215. The van der Waals surface area contributed by atoms with Crippen molar-refractivity contribution in [3.05, 3.63) is 35.1 Å². The Balaban J connectivity index is 2.08. The Kier molecular flexibility index (Phi) is 5.65. The van der Waals surface area contributed by atoms with Crippen molar-refractivity contribution in [3.63, 3.8) is 0 Å². The van der Waals surface area contributed by atoms with Gasteiger partial charge in [0.1, 0.15) is 5.82 Å². The highest BCUT2D eigenvalue weighted by atomic mass is 19.2. The first-order chi connectivity index (χ1) is 9.95. The molecule has 1 N–H and O–H groups in total. The molecule has 2 nitrogen and oxygen atoms in total.